The first kappa shape index (κ1) is 20.6. The van der Waals surface area contributed by atoms with Crippen LogP contribution in [-0.2, 0) is 4.79 Å². The normalized spacial score (nSPS) is 15.3. The lowest BCUT2D eigenvalue weighted by Gasteiger charge is -2.26. The first-order valence-electron chi connectivity index (χ1n) is 9.88. The minimum Gasteiger partial charge on any atom is -0.493 e. The first-order valence-corrected chi connectivity index (χ1v) is 9.88. The minimum atomic E-state index is -0.279. The maximum absolute atomic E-state index is 12.7. The summed E-state index contributed by atoms with van der Waals surface area (Å²) in [7, 11) is 4.70. The second kappa shape index (κ2) is 7.90. The van der Waals surface area contributed by atoms with E-state index < -0.39 is 0 Å². The van der Waals surface area contributed by atoms with E-state index in [1.54, 1.807) is 26.0 Å². The van der Waals surface area contributed by atoms with E-state index in [0.29, 0.717) is 29.0 Å². The smallest absolute Gasteiger partial charge is 0.252 e. The van der Waals surface area contributed by atoms with Gasteiger partial charge in [-0.3, -0.25) is 4.79 Å². The lowest BCUT2D eigenvalue weighted by Crippen LogP contribution is -2.25. The van der Waals surface area contributed by atoms with Crippen molar-refractivity contribution in [3.8, 4) is 23.2 Å². The molecule has 0 saturated carbocycles. The molecular formula is C22H25N5O4. The van der Waals surface area contributed by atoms with E-state index in [9.17, 15) is 4.79 Å². The molecule has 0 unspecified atom stereocenters. The number of nitrogens with zero attached hydrogens (tertiary/aromatic N) is 4. The number of methoxy groups -OCH3 is 3. The fourth-order valence-electron chi connectivity index (χ4n) is 4.16. The van der Waals surface area contributed by atoms with Gasteiger partial charge in [0.2, 0.25) is 11.7 Å². The van der Waals surface area contributed by atoms with Crippen LogP contribution < -0.4 is 19.5 Å². The summed E-state index contributed by atoms with van der Waals surface area (Å²) in [5, 5.41) is 7.63. The number of ether oxygens (including phenoxy) is 3. The lowest BCUT2D eigenvalue weighted by molar-refractivity contribution is -0.116. The summed E-state index contributed by atoms with van der Waals surface area (Å²) in [4.78, 5) is 21.7. The molecule has 0 fully saturated rings. The molecule has 3 heterocycles. The average molecular weight is 423 g/mol. The topological polar surface area (TPSA) is 100 Å². The fraction of sp³-hybridized carbons (Fsp3) is 0.364. The van der Waals surface area contributed by atoms with Crippen molar-refractivity contribution in [3.63, 3.8) is 0 Å². The van der Waals surface area contributed by atoms with Crippen molar-refractivity contribution in [3.05, 3.63) is 46.4 Å². The molecule has 1 amide bonds. The van der Waals surface area contributed by atoms with Crippen LogP contribution in [0, 0.1) is 20.8 Å². The average Bonchev–Trinajstić information content (AvgIpc) is 3.07. The Morgan fingerprint density at radius 3 is 2.29 bits per heavy atom. The van der Waals surface area contributed by atoms with Gasteiger partial charge in [-0.25, -0.2) is 9.97 Å². The molecule has 1 N–H and O–H groups in total. The van der Waals surface area contributed by atoms with Gasteiger partial charge in [0.15, 0.2) is 11.5 Å². The third-order valence-electron chi connectivity index (χ3n) is 5.37. The second-order valence-corrected chi connectivity index (χ2v) is 7.44. The summed E-state index contributed by atoms with van der Waals surface area (Å²) in [6.07, 6.45) is 0.249. The van der Waals surface area contributed by atoms with Crippen molar-refractivity contribution in [1.82, 2.24) is 19.7 Å². The van der Waals surface area contributed by atoms with Crippen LogP contribution >= 0.6 is 0 Å². The molecule has 0 saturated heterocycles. The first-order chi connectivity index (χ1) is 14.9. The van der Waals surface area contributed by atoms with Gasteiger partial charge in [0.1, 0.15) is 5.82 Å². The highest BCUT2D eigenvalue weighted by atomic mass is 16.5. The number of aromatic nitrogens is 4. The van der Waals surface area contributed by atoms with Crippen LogP contribution in [0.5, 0.6) is 17.2 Å². The number of fused-ring (bicyclic) bond motifs is 1. The SMILES string of the molecule is COc1ccc([C@@H]2CC(=O)Nc3c2c(C)nn3-c2nc(C)cc(C)n2)c(OC)c1OC. The number of carbonyl (C=O) groups is 1. The van der Waals surface area contributed by atoms with Gasteiger partial charge in [0, 0.05) is 34.9 Å². The highest BCUT2D eigenvalue weighted by molar-refractivity contribution is 5.95. The van der Waals surface area contributed by atoms with Crippen molar-refractivity contribution in [2.24, 2.45) is 0 Å². The van der Waals surface area contributed by atoms with Crippen LogP contribution in [0.15, 0.2) is 18.2 Å². The molecule has 0 spiro atoms. The van der Waals surface area contributed by atoms with Crippen LogP contribution in [0.4, 0.5) is 5.82 Å². The molecule has 2 aromatic heterocycles. The fourth-order valence-corrected chi connectivity index (χ4v) is 4.16. The summed E-state index contributed by atoms with van der Waals surface area (Å²) in [6.45, 7) is 5.71. The van der Waals surface area contributed by atoms with Crippen molar-refractivity contribution < 1.29 is 19.0 Å². The van der Waals surface area contributed by atoms with E-state index in [1.807, 2.05) is 39.0 Å². The molecule has 3 aromatic rings. The lowest BCUT2D eigenvalue weighted by atomic mass is 9.85. The van der Waals surface area contributed by atoms with Gasteiger partial charge in [-0.2, -0.15) is 9.78 Å². The summed E-state index contributed by atoms with van der Waals surface area (Å²) in [5.74, 6) is 2.15. The van der Waals surface area contributed by atoms with Crippen molar-refractivity contribution in [1.29, 1.82) is 0 Å². The van der Waals surface area contributed by atoms with E-state index in [2.05, 4.69) is 20.4 Å². The van der Waals surface area contributed by atoms with Gasteiger partial charge in [-0.1, -0.05) is 6.07 Å². The number of rotatable bonds is 5. The molecule has 1 aromatic carbocycles. The molecule has 9 nitrogen and oxygen atoms in total. The number of anilines is 1. The molecule has 1 aliphatic heterocycles. The maximum atomic E-state index is 12.7. The quantitative estimate of drug-likeness (QED) is 0.673. The summed E-state index contributed by atoms with van der Waals surface area (Å²) >= 11 is 0. The van der Waals surface area contributed by atoms with Gasteiger partial charge in [-0.15, -0.1) is 0 Å². The number of aryl methyl sites for hydroxylation is 3. The molecule has 162 valence electrons. The van der Waals surface area contributed by atoms with Crippen molar-refractivity contribution in [2.45, 2.75) is 33.1 Å². The summed E-state index contributed by atoms with van der Waals surface area (Å²) in [6, 6.07) is 5.61. The van der Waals surface area contributed by atoms with Gasteiger partial charge in [0.05, 0.1) is 27.0 Å². The van der Waals surface area contributed by atoms with Crippen molar-refractivity contribution >= 4 is 11.7 Å². The highest BCUT2D eigenvalue weighted by Gasteiger charge is 2.36. The zero-order valence-electron chi connectivity index (χ0n) is 18.4. The number of hydrogen-bond acceptors (Lipinski definition) is 7. The monoisotopic (exact) mass is 423 g/mol. The minimum absolute atomic E-state index is 0.125. The largest absolute Gasteiger partial charge is 0.493 e. The van der Waals surface area contributed by atoms with Crippen LogP contribution in [0.25, 0.3) is 5.95 Å². The number of carbonyl (C=O) groups excluding carboxylic acids is 1. The molecule has 31 heavy (non-hydrogen) atoms. The third-order valence-corrected chi connectivity index (χ3v) is 5.37. The van der Waals surface area contributed by atoms with E-state index in [0.717, 1.165) is 28.2 Å². The standard InChI is InChI=1S/C22H25N5O4/c1-11-9-12(2)24-22(23-11)27-21-18(13(3)26-27)15(10-17(28)25-21)14-7-8-16(29-4)20(31-6)19(14)30-5/h7-9,15H,10H2,1-6H3,(H,25,28)/t15-/m0/s1. The van der Waals surface area contributed by atoms with Gasteiger partial charge in [0.25, 0.3) is 5.95 Å². The summed E-state index contributed by atoms with van der Waals surface area (Å²) in [5.41, 5.74) is 4.14. The molecule has 9 heteroatoms. The molecular weight excluding hydrogens is 398 g/mol. The molecule has 0 bridgehead atoms. The van der Waals surface area contributed by atoms with Crippen LogP contribution in [0.3, 0.4) is 0 Å². The number of benzene rings is 1. The zero-order chi connectivity index (χ0) is 22.3. The molecule has 1 atom stereocenters. The van der Waals surface area contributed by atoms with Gasteiger partial charge in [-0.05, 0) is 32.9 Å². The second-order valence-electron chi connectivity index (χ2n) is 7.44. The summed E-state index contributed by atoms with van der Waals surface area (Å²) < 4.78 is 18.2. The Hall–Kier alpha value is -3.62. The van der Waals surface area contributed by atoms with Crippen LogP contribution in [0.1, 0.15) is 40.5 Å². The number of nitrogens with one attached hydrogen (secondary N) is 1. The number of amides is 1. The molecule has 4 rings (SSSR count). The predicted molar refractivity (Wildman–Crippen MR) is 115 cm³/mol. The van der Waals surface area contributed by atoms with E-state index in [4.69, 9.17) is 14.2 Å². The Morgan fingerprint density at radius 1 is 1.00 bits per heavy atom. The van der Waals surface area contributed by atoms with E-state index in [-0.39, 0.29) is 18.2 Å². The van der Waals surface area contributed by atoms with E-state index in [1.165, 1.54) is 0 Å². The molecule has 0 radical (unpaired) electrons. The maximum Gasteiger partial charge on any atom is 0.252 e. The zero-order valence-corrected chi connectivity index (χ0v) is 18.4. The predicted octanol–water partition coefficient (Wildman–Crippen LogP) is 3.09. The van der Waals surface area contributed by atoms with Gasteiger partial charge >= 0.3 is 0 Å². The third kappa shape index (κ3) is 3.45. The Kier molecular flexibility index (Phi) is 5.26. The number of hydrogen-bond donors (Lipinski definition) is 1. The Bertz CT molecular complexity index is 1150. The van der Waals surface area contributed by atoms with Crippen molar-refractivity contribution in [2.75, 3.05) is 26.6 Å². The highest BCUT2D eigenvalue weighted by Crippen LogP contribution is 2.48. The van der Waals surface area contributed by atoms with E-state index >= 15 is 0 Å². The Labute approximate surface area is 180 Å². The molecule has 1 aliphatic rings. The van der Waals surface area contributed by atoms with Crippen LogP contribution in [-0.4, -0.2) is 47.0 Å². The van der Waals surface area contributed by atoms with Crippen LogP contribution in [0.2, 0.25) is 0 Å². The van der Waals surface area contributed by atoms with Gasteiger partial charge < -0.3 is 19.5 Å². The Balaban J connectivity index is 1.92. The molecule has 0 aliphatic carbocycles. The Morgan fingerprint density at radius 2 is 1.68 bits per heavy atom.